The Labute approximate surface area is 122 Å². The van der Waals surface area contributed by atoms with Crippen LogP contribution in [-0.2, 0) is 0 Å². The highest BCUT2D eigenvalue weighted by Crippen LogP contribution is 2.39. The minimum atomic E-state index is -0.00841. The lowest BCUT2D eigenvalue weighted by Gasteiger charge is -2.19. The van der Waals surface area contributed by atoms with Gasteiger partial charge in [-0.3, -0.25) is 0 Å². The summed E-state index contributed by atoms with van der Waals surface area (Å²) in [7, 11) is 0. The van der Waals surface area contributed by atoms with Crippen molar-refractivity contribution >= 4 is 17.2 Å². The number of azo groups is 1. The number of benzene rings is 1. The van der Waals surface area contributed by atoms with E-state index in [1.54, 1.807) is 30.3 Å². The number of rotatable bonds is 2. The summed E-state index contributed by atoms with van der Waals surface area (Å²) < 4.78 is 6.31. The number of hydrogen-bond donors (Lipinski definition) is 3. The van der Waals surface area contributed by atoms with Gasteiger partial charge in [0, 0.05) is 24.7 Å². The van der Waals surface area contributed by atoms with Gasteiger partial charge in [-0.25, -0.2) is 0 Å². The fraction of sp³-hybridized carbons (Fsp3) is 0.214. The third kappa shape index (κ3) is 3.02. The van der Waals surface area contributed by atoms with E-state index in [0.717, 1.165) is 10.4 Å². The van der Waals surface area contributed by atoms with Gasteiger partial charge in [0.2, 0.25) is 0 Å². The molecule has 7 heteroatoms. The number of aromatic hydroxyl groups is 1. The van der Waals surface area contributed by atoms with Crippen LogP contribution >= 0.6 is 0 Å². The van der Waals surface area contributed by atoms with Crippen molar-refractivity contribution in [2.45, 2.75) is 7.43 Å². The number of ether oxygens (including phenoxy) is 1. The quantitative estimate of drug-likeness (QED) is 0.450. The zero-order valence-electron chi connectivity index (χ0n) is 10.5. The van der Waals surface area contributed by atoms with Gasteiger partial charge in [-0.15, -0.1) is 0 Å². The number of nitrogens with zero attached hydrogens (tertiary/aromatic N) is 3. The molecule has 2 aromatic rings. The third-order valence-electron chi connectivity index (χ3n) is 2.83. The molecule has 2 heterocycles. The van der Waals surface area contributed by atoms with Gasteiger partial charge in [-0.2, -0.15) is 0 Å². The Kier molecular flexibility index (Phi) is 4.22. The molecule has 0 atom stereocenters. The monoisotopic (exact) mass is 289 g/mol. The van der Waals surface area contributed by atoms with Crippen LogP contribution in [0.4, 0.5) is 17.2 Å². The molecule has 0 radical (unpaired) electrons. The molecule has 21 heavy (non-hydrogen) atoms. The molecule has 1 aliphatic rings. The van der Waals surface area contributed by atoms with Gasteiger partial charge in [0.1, 0.15) is 24.3 Å². The Morgan fingerprint density at radius 2 is 2.10 bits per heavy atom. The summed E-state index contributed by atoms with van der Waals surface area (Å²) >= 11 is 0. The predicted molar refractivity (Wildman–Crippen MR) is 76.8 cm³/mol. The second-order valence-corrected chi connectivity index (χ2v) is 4.22. The lowest BCUT2D eigenvalue weighted by atomic mass is 10.2. The Morgan fingerprint density at radius 1 is 1.24 bits per heavy atom. The van der Waals surface area contributed by atoms with E-state index in [0.29, 0.717) is 18.9 Å². The number of hydrogen-bond acceptors (Lipinski definition) is 6. The number of phenolic OH excluding ortho intramolecular Hbond substituents is 1. The molecule has 0 spiro atoms. The first-order valence-corrected chi connectivity index (χ1v) is 6.09. The van der Waals surface area contributed by atoms with Crippen LogP contribution in [0.5, 0.6) is 11.5 Å². The smallest absolute Gasteiger partial charge is 0.388 e. The van der Waals surface area contributed by atoms with Gasteiger partial charge in [0.05, 0.1) is 10.8 Å². The van der Waals surface area contributed by atoms with Crippen molar-refractivity contribution in [3.8, 4) is 11.5 Å². The second-order valence-electron chi connectivity index (χ2n) is 4.22. The van der Waals surface area contributed by atoms with Crippen LogP contribution < -0.4 is 14.8 Å². The van der Waals surface area contributed by atoms with E-state index in [2.05, 4.69) is 15.5 Å². The van der Waals surface area contributed by atoms with Crippen LogP contribution in [0.1, 0.15) is 7.43 Å². The van der Waals surface area contributed by atoms with Crippen molar-refractivity contribution in [3.05, 3.63) is 36.5 Å². The number of phenols is 1. The van der Waals surface area contributed by atoms with Crippen molar-refractivity contribution in [2.24, 2.45) is 10.2 Å². The summed E-state index contributed by atoms with van der Waals surface area (Å²) in [5, 5.41) is 30.3. The van der Waals surface area contributed by atoms with Crippen LogP contribution in [0.15, 0.2) is 46.8 Å². The molecule has 0 saturated heterocycles. The van der Waals surface area contributed by atoms with E-state index >= 15 is 0 Å². The number of fused-ring (bicyclic) bond motifs is 1. The normalized spacial score (nSPS) is 13.0. The molecule has 0 bridgehead atoms. The number of nitrogens with one attached hydrogen (secondary N) is 1. The maximum Gasteiger partial charge on any atom is 0.388 e. The summed E-state index contributed by atoms with van der Waals surface area (Å²) in [6.07, 6.45) is 1.44. The highest BCUT2D eigenvalue weighted by atomic mass is 16.5. The number of anilines is 1. The van der Waals surface area contributed by atoms with Gasteiger partial charge in [-0.1, -0.05) is 7.43 Å². The molecule has 0 amide bonds. The highest BCUT2D eigenvalue weighted by molar-refractivity contribution is 5.69. The zero-order chi connectivity index (χ0) is 13.9. The maximum atomic E-state index is 9.90. The highest BCUT2D eigenvalue weighted by Gasteiger charge is 2.15. The number of aromatic nitrogens is 1. The molecule has 1 aromatic heterocycles. The first kappa shape index (κ1) is 14.6. The Morgan fingerprint density at radius 3 is 2.90 bits per heavy atom. The summed E-state index contributed by atoms with van der Waals surface area (Å²) in [4.78, 5) is 0. The molecule has 0 unspecified atom stereocenters. The molecule has 3 rings (SSSR count). The lowest BCUT2D eigenvalue weighted by Crippen LogP contribution is -2.28. The van der Waals surface area contributed by atoms with Gasteiger partial charge in [-0.05, 0) is 22.0 Å². The Bertz CT molecular complexity index is 673. The SMILES string of the molecule is C.Oc1cc2c(cc1N=Nc1cccc[n+]1O)OCCN2. The van der Waals surface area contributed by atoms with Gasteiger partial charge < -0.3 is 20.4 Å². The van der Waals surface area contributed by atoms with E-state index in [9.17, 15) is 10.3 Å². The summed E-state index contributed by atoms with van der Waals surface area (Å²) in [5.41, 5.74) is 1.00. The summed E-state index contributed by atoms with van der Waals surface area (Å²) in [6, 6.07) is 8.12. The molecular weight excluding hydrogens is 272 g/mol. The Balaban J connectivity index is 0.00000161. The molecule has 7 nitrogen and oxygen atoms in total. The van der Waals surface area contributed by atoms with Gasteiger partial charge >= 0.3 is 5.82 Å². The third-order valence-corrected chi connectivity index (χ3v) is 2.83. The second kappa shape index (κ2) is 6.08. The van der Waals surface area contributed by atoms with Gasteiger partial charge in [0.15, 0.2) is 5.69 Å². The molecule has 1 aromatic carbocycles. The minimum absolute atomic E-state index is 0. The van der Waals surface area contributed by atoms with E-state index in [4.69, 9.17) is 4.74 Å². The molecule has 0 saturated carbocycles. The number of pyridine rings is 1. The topological polar surface area (TPSA) is 90.3 Å². The fourth-order valence-electron chi connectivity index (χ4n) is 1.85. The first-order valence-electron chi connectivity index (χ1n) is 6.09. The average Bonchev–Trinajstić information content (AvgIpc) is 2.46. The van der Waals surface area contributed by atoms with E-state index in [1.165, 1.54) is 6.20 Å². The van der Waals surface area contributed by atoms with E-state index < -0.39 is 0 Å². The maximum absolute atomic E-state index is 9.90. The summed E-state index contributed by atoms with van der Waals surface area (Å²) in [6.45, 7) is 1.26. The standard InChI is InChI=1S/C13H12N4O3.CH4/c18-11-7-10-12(20-6-4-14-10)8-9(11)15-16-13-3-1-2-5-17(13)19;/h1-3,5,7-8,19H,4,6H2,(H,14,18);1H4/p+1. The van der Waals surface area contributed by atoms with Gasteiger partial charge in [0.25, 0.3) is 0 Å². The zero-order valence-corrected chi connectivity index (χ0v) is 10.5. The largest absolute Gasteiger partial charge is 0.505 e. The summed E-state index contributed by atoms with van der Waals surface area (Å²) in [5.74, 6) is 0.863. The van der Waals surface area contributed by atoms with Crippen molar-refractivity contribution in [3.63, 3.8) is 0 Å². The molecule has 110 valence electrons. The van der Waals surface area contributed by atoms with Crippen LogP contribution in [0, 0.1) is 0 Å². The fourth-order valence-corrected chi connectivity index (χ4v) is 1.85. The first-order chi connectivity index (χ1) is 9.74. The molecular formula is C14H17N4O3+. The van der Waals surface area contributed by atoms with E-state index in [-0.39, 0.29) is 24.7 Å². The van der Waals surface area contributed by atoms with E-state index in [1.807, 2.05) is 0 Å². The molecule has 1 aliphatic heterocycles. The molecule has 0 aliphatic carbocycles. The van der Waals surface area contributed by atoms with Crippen LogP contribution in [0.25, 0.3) is 0 Å². The van der Waals surface area contributed by atoms with Crippen LogP contribution in [0.3, 0.4) is 0 Å². The van der Waals surface area contributed by atoms with Crippen molar-refractivity contribution in [1.82, 2.24) is 0 Å². The predicted octanol–water partition coefficient (Wildman–Crippen LogP) is 2.77. The Hall–Kier alpha value is -2.83. The average molecular weight is 289 g/mol. The van der Waals surface area contributed by atoms with Crippen molar-refractivity contribution in [2.75, 3.05) is 18.5 Å². The minimum Gasteiger partial charge on any atom is -0.505 e. The van der Waals surface area contributed by atoms with Crippen LogP contribution in [0.2, 0.25) is 0 Å². The molecule has 3 N–H and O–H groups in total. The van der Waals surface area contributed by atoms with Crippen molar-refractivity contribution in [1.29, 1.82) is 0 Å². The molecule has 0 fully saturated rings. The van der Waals surface area contributed by atoms with Crippen LogP contribution in [-0.4, -0.2) is 23.5 Å². The lowest BCUT2D eigenvalue weighted by molar-refractivity contribution is -0.894. The van der Waals surface area contributed by atoms with Crippen molar-refractivity contribution < 1.29 is 19.8 Å².